The van der Waals surface area contributed by atoms with Gasteiger partial charge < -0.3 is 0 Å². The molecule has 0 saturated heterocycles. The van der Waals surface area contributed by atoms with E-state index in [4.69, 9.17) is 4.98 Å². The highest BCUT2D eigenvalue weighted by Crippen LogP contribution is 2.30. The molecule has 1 aromatic heterocycles. The fraction of sp³-hybridized carbons (Fsp3) is 0.240. The minimum atomic E-state index is -0.0435. The van der Waals surface area contributed by atoms with Gasteiger partial charge in [0.05, 0.1) is 11.3 Å². The first-order chi connectivity index (χ1) is 14.8. The maximum absolute atomic E-state index is 13.3. The molecule has 30 heavy (non-hydrogen) atoms. The van der Waals surface area contributed by atoms with E-state index >= 15 is 0 Å². The Labute approximate surface area is 181 Å². The average molecular weight is 414 g/mol. The van der Waals surface area contributed by atoms with Crippen molar-refractivity contribution in [3.63, 3.8) is 0 Å². The number of hydrogen-bond donors (Lipinski definition) is 0. The lowest BCUT2D eigenvalue weighted by atomic mass is 10.1. The van der Waals surface area contributed by atoms with Crippen molar-refractivity contribution in [1.82, 2.24) is 4.98 Å². The van der Waals surface area contributed by atoms with Crippen LogP contribution in [0.2, 0.25) is 0 Å². The average Bonchev–Trinajstić information content (AvgIpc) is 3.03. The van der Waals surface area contributed by atoms with Gasteiger partial charge in [0.25, 0.3) is 0 Å². The van der Waals surface area contributed by atoms with Gasteiger partial charge in [0.1, 0.15) is 11.1 Å². The number of hydrogen-bond acceptors (Lipinski definition) is 4. The normalized spacial score (nSPS) is 13.0. The van der Waals surface area contributed by atoms with Gasteiger partial charge in [-0.1, -0.05) is 54.6 Å². The summed E-state index contributed by atoms with van der Waals surface area (Å²) in [5.74, 6) is 0.169. The summed E-state index contributed by atoms with van der Waals surface area (Å²) in [6, 6.07) is 23.5. The van der Waals surface area contributed by atoms with Gasteiger partial charge in [0.15, 0.2) is 0 Å². The molecule has 4 nitrogen and oxygen atoms in total. The molecule has 2 aromatic carbocycles. The molecule has 4 rings (SSSR count). The van der Waals surface area contributed by atoms with E-state index < -0.39 is 0 Å². The number of amides is 1. The fourth-order valence-corrected chi connectivity index (χ4v) is 4.59. The Morgan fingerprint density at radius 3 is 2.23 bits per heavy atom. The lowest BCUT2D eigenvalue weighted by Crippen LogP contribution is -2.27. The Kier molecular flexibility index (Phi) is 6.46. The van der Waals surface area contributed by atoms with Gasteiger partial charge in [0, 0.05) is 17.1 Å². The molecule has 3 aromatic rings. The van der Waals surface area contributed by atoms with E-state index in [9.17, 15) is 10.1 Å². The molecular formula is C25H23N3OS. The SMILES string of the molecule is N#Cc1cc2c(nc1SCC(=O)N(c1ccccc1)c1ccccc1)CCCCC2. The summed E-state index contributed by atoms with van der Waals surface area (Å²) in [5.41, 5.74) is 4.49. The zero-order chi connectivity index (χ0) is 20.8. The van der Waals surface area contributed by atoms with Crippen LogP contribution in [0.15, 0.2) is 71.8 Å². The van der Waals surface area contributed by atoms with Crippen molar-refractivity contribution in [1.29, 1.82) is 5.26 Å². The highest BCUT2D eigenvalue weighted by molar-refractivity contribution is 8.00. The quantitative estimate of drug-likeness (QED) is 0.399. The van der Waals surface area contributed by atoms with E-state index in [1.54, 1.807) is 4.90 Å². The molecule has 0 radical (unpaired) electrons. The molecule has 0 bridgehead atoms. The maximum atomic E-state index is 13.3. The number of carbonyl (C=O) groups excluding carboxylic acids is 1. The number of anilines is 2. The monoisotopic (exact) mass is 413 g/mol. The third-order valence-electron chi connectivity index (χ3n) is 5.25. The number of nitriles is 1. The highest BCUT2D eigenvalue weighted by Gasteiger charge is 2.20. The molecule has 1 aliphatic carbocycles. The van der Waals surface area contributed by atoms with Gasteiger partial charge in [-0.05, 0) is 61.6 Å². The number of aryl methyl sites for hydroxylation is 2. The van der Waals surface area contributed by atoms with E-state index in [1.165, 1.54) is 23.7 Å². The summed E-state index contributed by atoms with van der Waals surface area (Å²) < 4.78 is 0. The predicted molar refractivity (Wildman–Crippen MR) is 121 cm³/mol. The number of pyridine rings is 1. The Morgan fingerprint density at radius 2 is 1.60 bits per heavy atom. The number of thioether (sulfide) groups is 1. The Morgan fingerprint density at radius 1 is 0.967 bits per heavy atom. The smallest absolute Gasteiger partial charge is 0.241 e. The number of aromatic nitrogens is 1. The summed E-state index contributed by atoms with van der Waals surface area (Å²) in [5, 5.41) is 10.3. The lowest BCUT2D eigenvalue weighted by Gasteiger charge is -2.23. The summed E-state index contributed by atoms with van der Waals surface area (Å²) in [6.07, 6.45) is 5.40. The van der Waals surface area contributed by atoms with Crippen LogP contribution in [0.5, 0.6) is 0 Å². The van der Waals surface area contributed by atoms with Crippen LogP contribution in [0.25, 0.3) is 0 Å². The molecule has 0 aliphatic heterocycles. The van der Waals surface area contributed by atoms with Crippen LogP contribution in [0.3, 0.4) is 0 Å². The Hall–Kier alpha value is -3.10. The third kappa shape index (κ3) is 4.55. The second kappa shape index (κ2) is 9.60. The zero-order valence-corrected chi connectivity index (χ0v) is 17.6. The van der Waals surface area contributed by atoms with Crippen molar-refractivity contribution in [3.8, 4) is 6.07 Å². The molecule has 0 saturated carbocycles. The van der Waals surface area contributed by atoms with Crippen molar-refractivity contribution in [2.75, 3.05) is 10.7 Å². The Balaban J connectivity index is 1.58. The summed E-state index contributed by atoms with van der Waals surface area (Å²) >= 11 is 1.35. The number of nitrogens with zero attached hydrogens (tertiary/aromatic N) is 3. The van der Waals surface area contributed by atoms with Crippen LogP contribution in [0.1, 0.15) is 36.1 Å². The third-order valence-corrected chi connectivity index (χ3v) is 6.22. The van der Waals surface area contributed by atoms with Crippen molar-refractivity contribution < 1.29 is 4.79 Å². The van der Waals surface area contributed by atoms with Gasteiger partial charge in [-0.15, -0.1) is 0 Å². The summed E-state index contributed by atoms with van der Waals surface area (Å²) in [7, 11) is 0. The first-order valence-electron chi connectivity index (χ1n) is 10.2. The van der Waals surface area contributed by atoms with Crippen LogP contribution in [0, 0.1) is 11.3 Å². The number of fused-ring (bicyclic) bond motifs is 1. The molecule has 0 N–H and O–H groups in total. The molecule has 0 unspecified atom stereocenters. The fourth-order valence-electron chi connectivity index (χ4n) is 3.77. The second-order valence-electron chi connectivity index (χ2n) is 7.31. The molecule has 0 spiro atoms. The van der Waals surface area contributed by atoms with E-state index in [0.29, 0.717) is 10.6 Å². The largest absolute Gasteiger partial charge is 0.280 e. The first-order valence-corrected chi connectivity index (χ1v) is 11.2. The maximum Gasteiger partial charge on any atom is 0.241 e. The van der Waals surface area contributed by atoms with Crippen LogP contribution in [0.4, 0.5) is 11.4 Å². The summed E-state index contributed by atoms with van der Waals surface area (Å²) in [4.78, 5) is 19.8. The minimum Gasteiger partial charge on any atom is -0.280 e. The predicted octanol–water partition coefficient (Wildman–Crippen LogP) is 5.68. The summed E-state index contributed by atoms with van der Waals surface area (Å²) in [6.45, 7) is 0. The highest BCUT2D eigenvalue weighted by atomic mass is 32.2. The van der Waals surface area contributed by atoms with E-state index in [-0.39, 0.29) is 11.7 Å². The van der Waals surface area contributed by atoms with Gasteiger partial charge in [-0.3, -0.25) is 9.69 Å². The Bertz CT molecular complexity index is 1020. The molecule has 0 fully saturated rings. The van der Waals surface area contributed by atoms with Crippen molar-refractivity contribution >= 4 is 29.0 Å². The van der Waals surface area contributed by atoms with Gasteiger partial charge >= 0.3 is 0 Å². The van der Waals surface area contributed by atoms with Crippen LogP contribution < -0.4 is 4.90 Å². The number of rotatable bonds is 5. The zero-order valence-electron chi connectivity index (χ0n) is 16.8. The molecule has 5 heteroatoms. The van der Waals surface area contributed by atoms with Gasteiger partial charge in [-0.2, -0.15) is 5.26 Å². The molecule has 1 aliphatic rings. The second-order valence-corrected chi connectivity index (χ2v) is 8.27. The van der Waals surface area contributed by atoms with Gasteiger partial charge in [-0.25, -0.2) is 4.98 Å². The van der Waals surface area contributed by atoms with Crippen molar-refractivity contribution in [2.24, 2.45) is 0 Å². The van der Waals surface area contributed by atoms with E-state index in [0.717, 1.165) is 42.8 Å². The molecule has 1 heterocycles. The van der Waals surface area contributed by atoms with Crippen LogP contribution in [-0.2, 0) is 17.6 Å². The van der Waals surface area contributed by atoms with Gasteiger partial charge in [0.2, 0.25) is 5.91 Å². The lowest BCUT2D eigenvalue weighted by molar-refractivity contribution is -0.115. The number of para-hydroxylation sites is 2. The molecule has 150 valence electrons. The van der Waals surface area contributed by atoms with Crippen molar-refractivity contribution in [2.45, 2.75) is 37.1 Å². The topological polar surface area (TPSA) is 57.0 Å². The molecule has 1 amide bonds. The van der Waals surface area contributed by atoms with E-state index in [2.05, 4.69) is 6.07 Å². The molecular weight excluding hydrogens is 390 g/mol. The first kappa shape index (κ1) is 20.2. The molecule has 0 atom stereocenters. The number of benzene rings is 2. The van der Waals surface area contributed by atoms with Crippen LogP contribution >= 0.6 is 11.8 Å². The van der Waals surface area contributed by atoms with E-state index in [1.807, 2.05) is 66.7 Å². The minimum absolute atomic E-state index is 0.0435. The number of carbonyl (C=O) groups is 1. The van der Waals surface area contributed by atoms with Crippen LogP contribution in [-0.4, -0.2) is 16.6 Å². The van der Waals surface area contributed by atoms with Crippen molar-refractivity contribution in [3.05, 3.63) is 83.6 Å². The standard InChI is InChI=1S/C25H23N3OS/c26-17-20-16-19-10-4-1-9-15-23(19)27-25(20)30-18-24(29)28(21-11-5-2-6-12-21)22-13-7-3-8-14-22/h2-3,5-8,11-14,16H,1,4,9-10,15,18H2.